The number of hydrogen-bond acceptors (Lipinski definition) is 0. The molecule has 0 atom stereocenters. The van der Waals surface area contributed by atoms with Crippen molar-refractivity contribution in [2.45, 2.75) is 53.9 Å². The Morgan fingerprint density at radius 3 is 2.03 bits per heavy atom. The molecule has 2 aromatic rings. The maximum Gasteiger partial charge on any atom is -1.00 e. The van der Waals surface area contributed by atoms with Crippen molar-refractivity contribution in [1.29, 1.82) is 0 Å². The van der Waals surface area contributed by atoms with Crippen LogP contribution in [-0.4, -0.2) is 3.81 Å². The molecule has 0 amide bonds. The van der Waals surface area contributed by atoms with Crippen LogP contribution in [0.15, 0.2) is 59.7 Å². The fraction of sp³-hybridized carbons (Fsp3) is 0.370. The molecule has 2 aromatic carbocycles. The molecule has 0 N–H and O–H groups in total. The first-order chi connectivity index (χ1) is 13.4. The van der Waals surface area contributed by atoms with E-state index in [1.54, 1.807) is 18.8 Å². The molecule has 0 nitrogen and oxygen atoms in total. The Hall–Kier alpha value is -0.916. The second-order valence-corrected chi connectivity index (χ2v) is 11.1. The van der Waals surface area contributed by atoms with E-state index in [0.29, 0.717) is 17.8 Å². The van der Waals surface area contributed by atoms with Crippen LogP contribution in [0.5, 0.6) is 0 Å². The molecular weight excluding hydrogens is 443 g/mol. The van der Waals surface area contributed by atoms with Gasteiger partial charge in [0.1, 0.15) is 0 Å². The maximum atomic E-state index is 2.46. The van der Waals surface area contributed by atoms with Gasteiger partial charge in [0.05, 0.1) is 0 Å². The Kier molecular flexibility index (Phi) is 8.56. The SMILES string of the molecule is CC1=CC=C(C)C1c1ccc2c([c]1[Ti+2]=[C](C(C)C)C(C)C)Cc1ccccc1-2.[Cl-].[Cl-]. The summed E-state index contributed by atoms with van der Waals surface area (Å²) >= 11 is -0.316. The summed E-state index contributed by atoms with van der Waals surface area (Å²) < 4.78 is 3.52. The van der Waals surface area contributed by atoms with Crippen molar-refractivity contribution in [3.8, 4) is 11.1 Å². The molecule has 0 unspecified atom stereocenters. The van der Waals surface area contributed by atoms with Gasteiger partial charge in [-0.3, -0.25) is 0 Å². The van der Waals surface area contributed by atoms with Gasteiger partial charge in [0, 0.05) is 0 Å². The normalized spacial score (nSPS) is 14.4. The number of hydrogen-bond donors (Lipinski definition) is 0. The van der Waals surface area contributed by atoms with Gasteiger partial charge in [-0.15, -0.1) is 0 Å². The van der Waals surface area contributed by atoms with Gasteiger partial charge in [0.2, 0.25) is 0 Å². The summed E-state index contributed by atoms with van der Waals surface area (Å²) in [7, 11) is 0. The molecule has 4 rings (SSSR count). The fourth-order valence-corrected chi connectivity index (χ4v) is 7.54. The minimum Gasteiger partial charge on any atom is -1.00 e. The minimum atomic E-state index is -0.316. The number of benzene rings is 2. The first-order valence-electron chi connectivity index (χ1n) is 10.6. The Morgan fingerprint density at radius 1 is 0.833 bits per heavy atom. The number of fused-ring (bicyclic) bond motifs is 3. The molecule has 0 bridgehead atoms. The zero-order chi connectivity index (χ0) is 20.0. The van der Waals surface area contributed by atoms with E-state index in [0.717, 1.165) is 6.42 Å². The van der Waals surface area contributed by atoms with Gasteiger partial charge in [0.15, 0.2) is 0 Å². The van der Waals surface area contributed by atoms with E-state index < -0.39 is 0 Å². The van der Waals surface area contributed by atoms with E-state index >= 15 is 0 Å². The molecule has 2 aliphatic rings. The second-order valence-electron chi connectivity index (χ2n) is 9.03. The molecule has 0 aliphatic heterocycles. The molecule has 2 aliphatic carbocycles. The third kappa shape index (κ3) is 4.49. The molecule has 3 heteroatoms. The Morgan fingerprint density at radius 2 is 1.43 bits per heavy atom. The third-order valence-electron chi connectivity index (χ3n) is 6.36. The molecule has 0 radical (unpaired) electrons. The molecule has 0 fully saturated rings. The zero-order valence-corrected chi connectivity index (χ0v) is 21.9. The van der Waals surface area contributed by atoms with E-state index in [1.165, 1.54) is 27.8 Å². The van der Waals surface area contributed by atoms with E-state index in [2.05, 4.69) is 90.1 Å². The maximum absolute atomic E-state index is 2.46. The van der Waals surface area contributed by atoms with Crippen LogP contribution >= 0.6 is 0 Å². The summed E-state index contributed by atoms with van der Waals surface area (Å²) in [5.41, 5.74) is 10.7. The summed E-state index contributed by atoms with van der Waals surface area (Å²) in [6, 6.07) is 13.9. The van der Waals surface area contributed by atoms with Crippen molar-refractivity contribution in [3.05, 3.63) is 76.4 Å². The molecule has 0 spiro atoms. The Labute approximate surface area is 203 Å². The summed E-state index contributed by atoms with van der Waals surface area (Å²) in [6.07, 6.45) is 5.75. The third-order valence-corrected chi connectivity index (χ3v) is 9.93. The van der Waals surface area contributed by atoms with Crippen LogP contribution in [0.25, 0.3) is 11.1 Å². The van der Waals surface area contributed by atoms with E-state index in [4.69, 9.17) is 0 Å². The van der Waals surface area contributed by atoms with Gasteiger partial charge < -0.3 is 24.8 Å². The van der Waals surface area contributed by atoms with Crippen LogP contribution in [0.3, 0.4) is 0 Å². The summed E-state index contributed by atoms with van der Waals surface area (Å²) in [5.74, 6) is 1.82. The molecular formula is C27H31Cl2Ti. The van der Waals surface area contributed by atoms with Crippen LogP contribution in [0.1, 0.15) is 64.2 Å². The number of halogens is 2. The molecule has 0 aromatic heterocycles. The van der Waals surface area contributed by atoms with Gasteiger partial charge in [0.25, 0.3) is 0 Å². The average Bonchev–Trinajstić information content (AvgIpc) is 3.19. The summed E-state index contributed by atoms with van der Waals surface area (Å²) in [5, 5.41) is 0. The quantitative estimate of drug-likeness (QED) is 0.482. The minimum absolute atomic E-state index is 0. The number of rotatable bonds is 4. The first-order valence-corrected chi connectivity index (χ1v) is 12.2. The Bertz CT molecular complexity index is 997. The molecule has 0 saturated carbocycles. The van der Waals surface area contributed by atoms with Crippen molar-refractivity contribution < 1.29 is 43.5 Å². The van der Waals surface area contributed by atoms with E-state index in [9.17, 15) is 0 Å². The van der Waals surface area contributed by atoms with Gasteiger partial charge in [-0.25, -0.2) is 0 Å². The first kappa shape index (κ1) is 25.3. The van der Waals surface area contributed by atoms with Crippen LogP contribution in [-0.2, 0) is 25.1 Å². The topological polar surface area (TPSA) is 0 Å². The van der Waals surface area contributed by atoms with Crippen molar-refractivity contribution in [1.82, 2.24) is 0 Å². The second kappa shape index (κ2) is 10.1. The van der Waals surface area contributed by atoms with Crippen LogP contribution in [0, 0.1) is 11.8 Å². The largest absolute Gasteiger partial charge is 1.00 e. The molecule has 157 valence electrons. The van der Waals surface area contributed by atoms with E-state index in [1.807, 2.05) is 0 Å². The zero-order valence-electron chi connectivity index (χ0n) is 18.8. The average molecular weight is 474 g/mol. The van der Waals surface area contributed by atoms with Crippen molar-refractivity contribution >= 4 is 7.68 Å². The van der Waals surface area contributed by atoms with Gasteiger partial charge in [-0.1, -0.05) is 0 Å². The van der Waals surface area contributed by atoms with Gasteiger partial charge in [-0.2, -0.15) is 0 Å². The predicted octanol–water partition coefficient (Wildman–Crippen LogP) is 0.448. The summed E-state index contributed by atoms with van der Waals surface area (Å²) in [4.78, 5) is 0. The van der Waals surface area contributed by atoms with Crippen LogP contribution in [0.4, 0.5) is 0 Å². The van der Waals surface area contributed by atoms with Gasteiger partial charge in [-0.05, 0) is 0 Å². The molecule has 0 heterocycles. The predicted molar refractivity (Wildman–Crippen MR) is 119 cm³/mol. The van der Waals surface area contributed by atoms with Crippen molar-refractivity contribution in [2.75, 3.05) is 0 Å². The number of allylic oxidation sites excluding steroid dienone is 4. The molecule has 30 heavy (non-hydrogen) atoms. The fourth-order valence-electron chi connectivity index (χ4n) is 5.02. The van der Waals surface area contributed by atoms with E-state index in [-0.39, 0.29) is 43.5 Å². The standard InChI is InChI=1S/C20H17.C7H14.2ClH.Ti/c1-13-7-8-14(2)20(13)16-9-10-19-17(12-16)11-15-5-3-4-6-18(15)19;1-6(2)5-7(3)4;;;/h3-10,20H,11H2,1-2H3;6-7H,1-4H3;2*1H;/q;;;;+2/p-2. The van der Waals surface area contributed by atoms with Crippen molar-refractivity contribution in [3.63, 3.8) is 0 Å². The van der Waals surface area contributed by atoms with Gasteiger partial charge >= 0.3 is 180 Å². The summed E-state index contributed by atoms with van der Waals surface area (Å²) in [6.45, 7) is 14.2. The molecule has 0 saturated heterocycles. The smallest absolute Gasteiger partial charge is 1.00 e. The van der Waals surface area contributed by atoms with Crippen LogP contribution < -0.4 is 28.7 Å². The van der Waals surface area contributed by atoms with Crippen molar-refractivity contribution in [2.24, 2.45) is 11.8 Å². The Balaban J connectivity index is 0.00000160. The monoisotopic (exact) mass is 473 g/mol. The van der Waals surface area contributed by atoms with Crippen LogP contribution in [0.2, 0.25) is 0 Å².